The molecule has 23 heavy (non-hydrogen) atoms. The monoisotopic (exact) mass is 331 g/mol. The Kier molecular flexibility index (Phi) is 8.28. The molecule has 132 valence electrons. The molecule has 0 aromatic heterocycles. The van der Waals surface area contributed by atoms with E-state index in [-0.39, 0.29) is 13.2 Å². The molecule has 0 aromatic carbocycles. The van der Waals surface area contributed by atoms with Crippen LogP contribution in [0.4, 0.5) is 0 Å². The van der Waals surface area contributed by atoms with Gasteiger partial charge in [-0.3, -0.25) is 14.4 Å². The molecule has 0 aliphatic heterocycles. The van der Waals surface area contributed by atoms with Crippen molar-refractivity contribution in [2.75, 3.05) is 13.2 Å². The number of carbonyl (C=O) groups is 4. The van der Waals surface area contributed by atoms with Gasteiger partial charge >= 0.3 is 17.9 Å². The van der Waals surface area contributed by atoms with Crippen LogP contribution in [0.1, 0.15) is 41.5 Å². The molecule has 0 radical (unpaired) electrons. The van der Waals surface area contributed by atoms with Gasteiger partial charge in [-0.15, -0.1) is 0 Å². The number of carbonyl (C=O) groups excluding carboxylic acids is 4. The second-order valence-electron chi connectivity index (χ2n) is 5.26. The number of ether oxygens (including phenoxy) is 3. The summed E-state index contributed by atoms with van der Waals surface area (Å²) < 4.78 is 14.8. The normalized spacial score (nSPS) is 12.3. The second kappa shape index (κ2) is 9.12. The summed E-state index contributed by atoms with van der Waals surface area (Å²) in [5.41, 5.74) is -2.05. The molecule has 0 fully saturated rings. The predicted octanol–water partition coefficient (Wildman–Crippen LogP) is 0.575. The molecule has 0 heterocycles. The molecule has 0 aliphatic rings. The van der Waals surface area contributed by atoms with E-state index in [0.29, 0.717) is 0 Å². The van der Waals surface area contributed by atoms with Crippen LogP contribution in [0.3, 0.4) is 0 Å². The van der Waals surface area contributed by atoms with Crippen LogP contribution in [0.5, 0.6) is 0 Å². The van der Waals surface area contributed by atoms with E-state index in [9.17, 15) is 19.2 Å². The van der Waals surface area contributed by atoms with E-state index < -0.39 is 41.4 Å². The van der Waals surface area contributed by atoms with Crippen LogP contribution in [0.25, 0.3) is 0 Å². The van der Waals surface area contributed by atoms with Gasteiger partial charge in [0.1, 0.15) is 0 Å². The lowest BCUT2D eigenvalue weighted by Crippen LogP contribution is -2.59. The van der Waals surface area contributed by atoms with Gasteiger partial charge in [0.15, 0.2) is 11.5 Å². The van der Waals surface area contributed by atoms with Crippen molar-refractivity contribution in [3.8, 4) is 0 Å². The fourth-order valence-electron chi connectivity index (χ4n) is 1.82. The maximum absolute atomic E-state index is 12.3. The van der Waals surface area contributed by atoms with Gasteiger partial charge in [0.2, 0.25) is 5.91 Å². The fraction of sp³-hybridized carbons (Fsp3) is 0.733. The number of hydrogen-bond donors (Lipinski definition) is 1. The van der Waals surface area contributed by atoms with Crippen LogP contribution in [0.2, 0.25) is 0 Å². The highest BCUT2D eigenvalue weighted by Crippen LogP contribution is 2.27. The second-order valence-corrected chi connectivity index (χ2v) is 5.26. The smallest absolute Gasteiger partial charge is 0.330 e. The molecule has 1 N–H and O–H groups in total. The molecule has 0 saturated heterocycles. The lowest BCUT2D eigenvalue weighted by molar-refractivity contribution is -0.180. The molecule has 0 rings (SSSR count). The van der Waals surface area contributed by atoms with Gasteiger partial charge in [0.05, 0.1) is 19.3 Å². The van der Waals surface area contributed by atoms with Gasteiger partial charge in [-0.05, 0) is 34.6 Å². The van der Waals surface area contributed by atoms with E-state index in [1.807, 2.05) is 0 Å². The fourth-order valence-corrected chi connectivity index (χ4v) is 1.82. The van der Waals surface area contributed by atoms with Crippen molar-refractivity contribution in [2.24, 2.45) is 5.41 Å². The molecule has 0 spiro atoms. The molecule has 0 bridgehead atoms. The van der Waals surface area contributed by atoms with Crippen LogP contribution in [-0.4, -0.2) is 49.2 Å². The Balaban J connectivity index is 5.87. The van der Waals surface area contributed by atoms with Crippen LogP contribution < -0.4 is 5.32 Å². The molecule has 0 aliphatic carbocycles. The minimum Gasteiger partial charge on any atom is -0.465 e. The minimum absolute atomic E-state index is 0.000151. The summed E-state index contributed by atoms with van der Waals surface area (Å²) in [6.07, 6.45) is -0.493. The van der Waals surface area contributed by atoms with Gasteiger partial charge in [0, 0.05) is 6.92 Å². The lowest BCUT2D eigenvalue weighted by Gasteiger charge is -2.32. The van der Waals surface area contributed by atoms with Gasteiger partial charge in [0.25, 0.3) is 0 Å². The van der Waals surface area contributed by atoms with Crippen molar-refractivity contribution in [2.45, 2.75) is 53.7 Å². The third kappa shape index (κ3) is 5.54. The maximum Gasteiger partial charge on any atom is 0.330 e. The first kappa shape index (κ1) is 20.9. The summed E-state index contributed by atoms with van der Waals surface area (Å²) in [6, 6.07) is -1.56. The van der Waals surface area contributed by atoms with Crippen molar-refractivity contribution in [1.29, 1.82) is 0 Å². The zero-order valence-corrected chi connectivity index (χ0v) is 14.4. The summed E-state index contributed by atoms with van der Waals surface area (Å²) in [6.45, 7) is 8.67. The Morgan fingerprint density at radius 2 is 1.43 bits per heavy atom. The SMILES string of the molecule is CCOC(=O)C(C)(C(=O)OCC)C(NC(C)=O)C(=O)OC(C)C. The van der Waals surface area contributed by atoms with E-state index in [4.69, 9.17) is 14.2 Å². The van der Waals surface area contributed by atoms with E-state index in [0.717, 1.165) is 6.92 Å². The summed E-state index contributed by atoms with van der Waals surface area (Å²) in [4.78, 5) is 48.4. The van der Waals surface area contributed by atoms with Crippen LogP contribution in [0, 0.1) is 5.41 Å². The Morgan fingerprint density at radius 3 is 1.74 bits per heavy atom. The van der Waals surface area contributed by atoms with Crippen molar-refractivity contribution >= 4 is 23.8 Å². The first-order valence-corrected chi connectivity index (χ1v) is 7.43. The molecule has 0 aromatic rings. The number of esters is 3. The Morgan fingerprint density at radius 1 is 1.00 bits per heavy atom. The summed E-state index contributed by atoms with van der Waals surface area (Å²) in [5, 5.41) is 2.29. The average molecular weight is 331 g/mol. The highest BCUT2D eigenvalue weighted by molar-refractivity contribution is 6.06. The third-order valence-corrected chi connectivity index (χ3v) is 2.91. The molecule has 1 amide bonds. The molecular formula is C15H25NO7. The number of hydrogen-bond acceptors (Lipinski definition) is 7. The first-order chi connectivity index (χ1) is 10.6. The van der Waals surface area contributed by atoms with E-state index in [1.165, 1.54) is 6.92 Å². The Hall–Kier alpha value is -2.12. The van der Waals surface area contributed by atoms with Gasteiger partial charge in [-0.25, -0.2) is 4.79 Å². The topological polar surface area (TPSA) is 108 Å². The molecule has 8 heteroatoms. The lowest BCUT2D eigenvalue weighted by atomic mass is 9.81. The summed E-state index contributed by atoms with van der Waals surface area (Å²) in [7, 11) is 0. The maximum atomic E-state index is 12.3. The van der Waals surface area contributed by atoms with Crippen LogP contribution >= 0.6 is 0 Å². The first-order valence-electron chi connectivity index (χ1n) is 7.43. The molecule has 1 atom stereocenters. The quantitative estimate of drug-likeness (QED) is 0.393. The van der Waals surface area contributed by atoms with Crippen molar-refractivity contribution in [3.63, 3.8) is 0 Å². The van der Waals surface area contributed by atoms with Gasteiger partial charge in [-0.1, -0.05) is 0 Å². The van der Waals surface area contributed by atoms with Crippen molar-refractivity contribution in [1.82, 2.24) is 5.32 Å². The molecule has 1 unspecified atom stereocenters. The summed E-state index contributed by atoms with van der Waals surface area (Å²) >= 11 is 0. The largest absolute Gasteiger partial charge is 0.465 e. The molecular weight excluding hydrogens is 306 g/mol. The van der Waals surface area contributed by atoms with Crippen molar-refractivity contribution < 1.29 is 33.4 Å². The van der Waals surface area contributed by atoms with E-state index in [2.05, 4.69) is 5.32 Å². The predicted molar refractivity (Wildman–Crippen MR) is 80.2 cm³/mol. The molecule has 8 nitrogen and oxygen atoms in total. The standard InChI is InChI=1S/C15H25NO7/c1-7-21-13(19)15(6,14(20)22-8-2)11(16-10(5)17)12(18)23-9(3)4/h9,11H,7-8H2,1-6H3,(H,16,17). The minimum atomic E-state index is -2.05. The van der Waals surface area contributed by atoms with Crippen molar-refractivity contribution in [3.05, 3.63) is 0 Å². The zero-order chi connectivity index (χ0) is 18.2. The number of nitrogens with one attached hydrogen (secondary N) is 1. The van der Waals surface area contributed by atoms with Gasteiger partial charge < -0.3 is 19.5 Å². The van der Waals surface area contributed by atoms with E-state index in [1.54, 1.807) is 27.7 Å². The zero-order valence-electron chi connectivity index (χ0n) is 14.4. The molecule has 0 saturated carbocycles. The Bertz CT molecular complexity index is 441. The van der Waals surface area contributed by atoms with Crippen LogP contribution in [0.15, 0.2) is 0 Å². The van der Waals surface area contributed by atoms with E-state index >= 15 is 0 Å². The number of rotatable bonds is 8. The Labute approximate surface area is 135 Å². The summed E-state index contributed by atoms with van der Waals surface area (Å²) in [5.74, 6) is -3.47. The third-order valence-electron chi connectivity index (χ3n) is 2.91. The average Bonchev–Trinajstić information content (AvgIpc) is 2.43. The van der Waals surface area contributed by atoms with Crippen LogP contribution in [-0.2, 0) is 33.4 Å². The number of amides is 1. The highest BCUT2D eigenvalue weighted by Gasteiger charge is 2.55. The van der Waals surface area contributed by atoms with Gasteiger partial charge in [-0.2, -0.15) is 0 Å². The highest BCUT2D eigenvalue weighted by atomic mass is 16.6.